The maximum atomic E-state index is 12.6. The maximum absolute atomic E-state index is 12.6. The lowest BCUT2D eigenvalue weighted by Gasteiger charge is -2.18. The Kier molecular flexibility index (Phi) is 5.28. The van der Waals surface area contributed by atoms with Crippen molar-refractivity contribution in [3.63, 3.8) is 0 Å². The van der Waals surface area contributed by atoms with E-state index in [0.29, 0.717) is 12.1 Å². The van der Waals surface area contributed by atoms with Gasteiger partial charge in [0.05, 0.1) is 17.5 Å². The van der Waals surface area contributed by atoms with E-state index < -0.39 is 0 Å². The number of hydrogen-bond acceptors (Lipinski definition) is 4. The molecule has 2 heterocycles. The summed E-state index contributed by atoms with van der Waals surface area (Å²) in [6.07, 6.45) is 3.60. The van der Waals surface area contributed by atoms with E-state index in [1.54, 1.807) is 18.0 Å². The summed E-state index contributed by atoms with van der Waals surface area (Å²) in [7, 11) is 0. The van der Waals surface area contributed by atoms with Crippen LogP contribution in [0.3, 0.4) is 0 Å². The molecule has 0 fully saturated rings. The van der Waals surface area contributed by atoms with Crippen molar-refractivity contribution >= 4 is 17.7 Å². The summed E-state index contributed by atoms with van der Waals surface area (Å²) in [4.78, 5) is 13.6. The molecule has 0 aliphatic carbocycles. The third-order valence-corrected chi connectivity index (χ3v) is 4.81. The summed E-state index contributed by atoms with van der Waals surface area (Å²) in [6.45, 7) is 4.35. The second-order valence-electron chi connectivity index (χ2n) is 5.81. The van der Waals surface area contributed by atoms with E-state index in [4.69, 9.17) is 4.42 Å². The van der Waals surface area contributed by atoms with E-state index in [2.05, 4.69) is 10.4 Å². The molecule has 3 rings (SSSR count). The van der Waals surface area contributed by atoms with Crippen LogP contribution in [-0.2, 0) is 0 Å². The number of benzene rings is 1. The van der Waals surface area contributed by atoms with Gasteiger partial charge in [-0.05, 0) is 50.4 Å². The highest BCUT2D eigenvalue weighted by atomic mass is 32.2. The summed E-state index contributed by atoms with van der Waals surface area (Å²) in [6, 6.07) is 13.2. The molecule has 3 aromatic rings. The molecule has 25 heavy (non-hydrogen) atoms. The minimum absolute atomic E-state index is 0.0944. The first-order chi connectivity index (χ1) is 12.1. The average Bonchev–Trinajstić information content (AvgIpc) is 3.25. The zero-order chi connectivity index (χ0) is 17.8. The SMILES string of the molecule is CSc1ccccc1C(=O)NCC(c1ccco1)n1nc(C)cc1C. The second kappa shape index (κ2) is 7.61. The van der Waals surface area contributed by atoms with Gasteiger partial charge in [0.25, 0.3) is 5.91 Å². The normalized spacial score (nSPS) is 12.1. The van der Waals surface area contributed by atoms with Crippen molar-refractivity contribution in [3.05, 3.63) is 71.4 Å². The lowest BCUT2D eigenvalue weighted by atomic mass is 10.2. The smallest absolute Gasteiger partial charge is 0.252 e. The molecular weight excluding hydrogens is 334 g/mol. The fourth-order valence-electron chi connectivity index (χ4n) is 2.87. The van der Waals surface area contributed by atoms with Crippen molar-refractivity contribution in [2.75, 3.05) is 12.8 Å². The van der Waals surface area contributed by atoms with E-state index in [9.17, 15) is 4.79 Å². The summed E-state index contributed by atoms with van der Waals surface area (Å²) in [5.41, 5.74) is 2.65. The van der Waals surface area contributed by atoms with Crippen molar-refractivity contribution in [1.82, 2.24) is 15.1 Å². The van der Waals surface area contributed by atoms with Gasteiger partial charge < -0.3 is 9.73 Å². The highest BCUT2D eigenvalue weighted by molar-refractivity contribution is 7.98. The van der Waals surface area contributed by atoms with Crippen molar-refractivity contribution < 1.29 is 9.21 Å². The first-order valence-electron chi connectivity index (χ1n) is 8.07. The van der Waals surface area contributed by atoms with Crippen molar-refractivity contribution in [2.45, 2.75) is 24.8 Å². The highest BCUT2D eigenvalue weighted by Crippen LogP contribution is 2.22. The van der Waals surface area contributed by atoms with Crippen LogP contribution in [0.1, 0.15) is 33.5 Å². The predicted molar refractivity (Wildman–Crippen MR) is 99.1 cm³/mol. The zero-order valence-electron chi connectivity index (χ0n) is 14.5. The fraction of sp³-hybridized carbons (Fsp3) is 0.263. The summed E-state index contributed by atoms with van der Waals surface area (Å²) in [5.74, 6) is 0.674. The molecule has 0 radical (unpaired) electrons. The molecule has 1 aromatic carbocycles. The van der Waals surface area contributed by atoms with Crippen molar-refractivity contribution in [1.29, 1.82) is 0 Å². The van der Waals surface area contributed by atoms with Crippen LogP contribution in [0.25, 0.3) is 0 Å². The quantitative estimate of drug-likeness (QED) is 0.683. The van der Waals surface area contributed by atoms with Crippen LogP contribution in [0.15, 0.2) is 58.0 Å². The molecule has 0 aliphatic rings. The van der Waals surface area contributed by atoms with Crippen LogP contribution in [0.5, 0.6) is 0 Å². The predicted octanol–water partition coefficient (Wildman–Crippen LogP) is 3.83. The van der Waals surface area contributed by atoms with Gasteiger partial charge in [0.2, 0.25) is 0 Å². The molecule has 0 bridgehead atoms. The molecule has 0 aliphatic heterocycles. The van der Waals surface area contributed by atoms with Crippen molar-refractivity contribution in [2.24, 2.45) is 0 Å². The zero-order valence-corrected chi connectivity index (χ0v) is 15.3. The van der Waals surface area contributed by atoms with Crippen LogP contribution in [0, 0.1) is 13.8 Å². The number of aromatic nitrogens is 2. The molecule has 0 saturated carbocycles. The molecule has 5 nitrogen and oxygen atoms in total. The van der Waals surface area contributed by atoms with E-state index >= 15 is 0 Å². The van der Waals surface area contributed by atoms with Gasteiger partial charge in [-0.2, -0.15) is 5.10 Å². The van der Waals surface area contributed by atoms with Gasteiger partial charge in [-0.1, -0.05) is 12.1 Å². The molecule has 0 spiro atoms. The number of nitrogens with one attached hydrogen (secondary N) is 1. The van der Waals surface area contributed by atoms with Crippen LogP contribution in [0.2, 0.25) is 0 Å². The van der Waals surface area contributed by atoms with E-state index in [0.717, 1.165) is 22.0 Å². The Morgan fingerprint density at radius 2 is 2.08 bits per heavy atom. The second-order valence-corrected chi connectivity index (χ2v) is 6.66. The van der Waals surface area contributed by atoms with Crippen molar-refractivity contribution in [3.8, 4) is 0 Å². The molecular formula is C19H21N3O2S. The molecule has 1 amide bonds. The number of hydrogen-bond donors (Lipinski definition) is 1. The Labute approximate surface area is 151 Å². The molecule has 2 aromatic heterocycles. The average molecular weight is 355 g/mol. The standard InChI is InChI=1S/C19H21N3O2S/c1-13-11-14(2)22(21-13)16(17-8-6-10-24-17)12-20-19(23)15-7-4-5-9-18(15)25-3/h4-11,16H,12H2,1-3H3,(H,20,23). The minimum Gasteiger partial charge on any atom is -0.467 e. The molecule has 130 valence electrons. The van der Waals surface area contributed by atoms with Gasteiger partial charge in [-0.15, -0.1) is 11.8 Å². The third kappa shape index (κ3) is 3.79. The third-order valence-electron chi connectivity index (χ3n) is 4.02. The lowest BCUT2D eigenvalue weighted by Crippen LogP contribution is -2.32. The molecule has 6 heteroatoms. The number of nitrogens with zero attached hydrogens (tertiary/aromatic N) is 2. The van der Waals surface area contributed by atoms with E-state index in [-0.39, 0.29) is 11.9 Å². The Morgan fingerprint density at radius 3 is 2.72 bits per heavy atom. The summed E-state index contributed by atoms with van der Waals surface area (Å²) >= 11 is 1.56. The number of amides is 1. The minimum atomic E-state index is -0.186. The van der Waals surface area contributed by atoms with Gasteiger partial charge in [0, 0.05) is 17.1 Å². The Morgan fingerprint density at radius 1 is 1.28 bits per heavy atom. The van der Waals surface area contributed by atoms with Gasteiger partial charge in [0.15, 0.2) is 0 Å². The van der Waals surface area contributed by atoms with Gasteiger partial charge >= 0.3 is 0 Å². The molecule has 1 atom stereocenters. The number of carbonyl (C=O) groups excluding carboxylic acids is 1. The number of furan rings is 1. The Bertz CT molecular complexity index is 855. The number of aryl methyl sites for hydroxylation is 2. The first-order valence-corrected chi connectivity index (χ1v) is 9.30. The first kappa shape index (κ1) is 17.4. The van der Waals surface area contributed by atoms with Gasteiger partial charge in [0.1, 0.15) is 11.8 Å². The Hall–Kier alpha value is -2.47. The Balaban J connectivity index is 1.82. The molecule has 1 unspecified atom stereocenters. The number of carbonyl (C=O) groups is 1. The maximum Gasteiger partial charge on any atom is 0.252 e. The number of thioether (sulfide) groups is 1. The van der Waals surface area contributed by atoms with Crippen LogP contribution in [-0.4, -0.2) is 28.5 Å². The highest BCUT2D eigenvalue weighted by Gasteiger charge is 2.21. The summed E-state index contributed by atoms with van der Waals surface area (Å²) in [5, 5.41) is 7.58. The number of rotatable bonds is 6. The van der Waals surface area contributed by atoms with Crippen LogP contribution in [0.4, 0.5) is 0 Å². The monoisotopic (exact) mass is 355 g/mol. The van der Waals surface area contributed by atoms with Crippen LogP contribution < -0.4 is 5.32 Å². The van der Waals surface area contributed by atoms with E-state index in [1.165, 1.54) is 0 Å². The van der Waals surface area contributed by atoms with Gasteiger partial charge in [-0.3, -0.25) is 9.48 Å². The van der Waals surface area contributed by atoms with Gasteiger partial charge in [-0.25, -0.2) is 0 Å². The fourth-order valence-corrected chi connectivity index (χ4v) is 3.46. The summed E-state index contributed by atoms with van der Waals surface area (Å²) < 4.78 is 7.48. The lowest BCUT2D eigenvalue weighted by molar-refractivity contribution is 0.0945. The topological polar surface area (TPSA) is 60.1 Å². The molecule has 0 saturated heterocycles. The molecule has 1 N–H and O–H groups in total. The largest absolute Gasteiger partial charge is 0.467 e. The van der Waals surface area contributed by atoms with E-state index in [1.807, 2.05) is 67.2 Å². The van der Waals surface area contributed by atoms with Crippen LogP contribution >= 0.6 is 11.8 Å².